The number of hydrogen-bond acceptors (Lipinski definition) is 5. The van der Waals surface area contributed by atoms with Crippen LogP contribution in [-0.4, -0.2) is 71.5 Å². The summed E-state index contributed by atoms with van der Waals surface area (Å²) in [5.41, 5.74) is 0. The van der Waals surface area contributed by atoms with Gasteiger partial charge in [-0.1, -0.05) is 0 Å². The van der Waals surface area contributed by atoms with Crippen molar-refractivity contribution < 1.29 is 24.5 Å². The van der Waals surface area contributed by atoms with Gasteiger partial charge in [0.2, 0.25) is 0 Å². The van der Waals surface area contributed by atoms with Crippen LogP contribution < -0.4 is 5.32 Å². The van der Waals surface area contributed by atoms with E-state index in [9.17, 15) is 4.79 Å². The molecule has 0 aromatic rings. The van der Waals surface area contributed by atoms with Gasteiger partial charge in [0.05, 0.1) is 12.6 Å². The second kappa shape index (κ2) is 5.00. The molecule has 2 heterocycles. The molecule has 18 heavy (non-hydrogen) atoms. The van der Waals surface area contributed by atoms with Crippen LogP contribution in [-0.2, 0) is 9.47 Å². The smallest absolute Gasteiger partial charge is 0.404 e. The fourth-order valence-corrected chi connectivity index (χ4v) is 2.73. The average molecular weight is 260 g/mol. The number of amides is 1. The molecular formula is C11H20N2O5. The lowest BCUT2D eigenvalue weighted by atomic mass is 10.1. The second-order valence-corrected chi connectivity index (χ2v) is 5.11. The molecule has 0 spiro atoms. The molecule has 7 nitrogen and oxygen atoms in total. The van der Waals surface area contributed by atoms with Crippen molar-refractivity contribution in [1.82, 2.24) is 10.2 Å². The summed E-state index contributed by atoms with van der Waals surface area (Å²) in [6.07, 6.45) is -1.27. The van der Waals surface area contributed by atoms with Crippen LogP contribution in [0, 0.1) is 0 Å². The molecule has 104 valence electrons. The Morgan fingerprint density at radius 1 is 1.50 bits per heavy atom. The first-order valence-corrected chi connectivity index (χ1v) is 6.10. The summed E-state index contributed by atoms with van der Waals surface area (Å²) in [6.45, 7) is 5.15. The van der Waals surface area contributed by atoms with Gasteiger partial charge in [-0.3, -0.25) is 4.90 Å². The number of aliphatic hydroxyl groups is 1. The summed E-state index contributed by atoms with van der Waals surface area (Å²) in [7, 11) is 0. The maximum absolute atomic E-state index is 10.6. The number of ether oxygens (including phenoxy) is 2. The first-order valence-electron chi connectivity index (χ1n) is 6.10. The first kappa shape index (κ1) is 13.5. The van der Waals surface area contributed by atoms with Gasteiger partial charge < -0.3 is 25.0 Å². The van der Waals surface area contributed by atoms with Crippen LogP contribution >= 0.6 is 0 Å². The molecule has 2 fully saturated rings. The van der Waals surface area contributed by atoms with Crippen molar-refractivity contribution in [2.75, 3.05) is 26.2 Å². The van der Waals surface area contributed by atoms with Gasteiger partial charge in [0.25, 0.3) is 0 Å². The summed E-state index contributed by atoms with van der Waals surface area (Å²) >= 11 is 0. The first-order chi connectivity index (χ1) is 8.43. The van der Waals surface area contributed by atoms with Gasteiger partial charge in [-0.15, -0.1) is 0 Å². The van der Waals surface area contributed by atoms with Crippen molar-refractivity contribution in [1.29, 1.82) is 0 Å². The lowest BCUT2D eigenvalue weighted by Crippen LogP contribution is -2.47. The van der Waals surface area contributed by atoms with E-state index >= 15 is 0 Å². The number of hydrogen-bond donors (Lipinski definition) is 3. The number of fused-ring (bicyclic) bond motifs is 1. The number of β-amino-alcohol motifs (C(OH)–C–C–N with tert-alkyl or cyclic N) is 1. The molecule has 0 aromatic heterocycles. The molecule has 3 N–H and O–H groups in total. The fourth-order valence-electron chi connectivity index (χ4n) is 2.73. The largest absolute Gasteiger partial charge is 0.465 e. The zero-order valence-electron chi connectivity index (χ0n) is 10.6. The number of nitrogens with one attached hydrogen (secondary N) is 1. The lowest BCUT2D eigenvalue weighted by molar-refractivity contribution is -0.161. The van der Waals surface area contributed by atoms with Gasteiger partial charge in [0.1, 0.15) is 12.2 Å². The molecule has 0 radical (unpaired) electrons. The van der Waals surface area contributed by atoms with E-state index in [-0.39, 0.29) is 31.4 Å². The Hall–Kier alpha value is -0.890. The normalized spacial score (nSPS) is 34.5. The summed E-state index contributed by atoms with van der Waals surface area (Å²) < 4.78 is 11.6. The van der Waals surface area contributed by atoms with Crippen LogP contribution in [0.25, 0.3) is 0 Å². The zero-order valence-corrected chi connectivity index (χ0v) is 10.6. The summed E-state index contributed by atoms with van der Waals surface area (Å²) in [5.74, 6) is -0.623. The molecule has 2 rings (SSSR count). The zero-order chi connectivity index (χ0) is 13.3. The standard InChI is InChI=1S/C11H20N2O5/c1-11(2)17-8-6-13(3-4-14)7(9(8)18-11)5-12-10(15)16/h7-9,12,14H,3-6H2,1-2H3,(H,15,16)/t7-,8-,9+/m0/s1. The second-order valence-electron chi connectivity index (χ2n) is 5.11. The summed E-state index contributed by atoms with van der Waals surface area (Å²) in [5, 5.41) is 20.1. The molecule has 0 aromatic carbocycles. The maximum Gasteiger partial charge on any atom is 0.404 e. The van der Waals surface area contributed by atoms with E-state index < -0.39 is 11.9 Å². The van der Waals surface area contributed by atoms with Crippen molar-refractivity contribution in [2.24, 2.45) is 0 Å². The minimum Gasteiger partial charge on any atom is -0.465 e. The number of nitrogens with zero attached hydrogens (tertiary/aromatic N) is 1. The van der Waals surface area contributed by atoms with Crippen LogP contribution in [0.15, 0.2) is 0 Å². The highest BCUT2D eigenvalue weighted by Crippen LogP contribution is 2.36. The molecule has 0 aliphatic carbocycles. The third kappa shape index (κ3) is 2.74. The van der Waals surface area contributed by atoms with Crippen LogP contribution in [0.2, 0.25) is 0 Å². The lowest BCUT2D eigenvalue weighted by Gasteiger charge is -2.29. The Bertz CT molecular complexity index is 323. The van der Waals surface area contributed by atoms with Crippen LogP contribution in [0.4, 0.5) is 4.79 Å². The molecule has 0 unspecified atom stereocenters. The molecule has 0 bridgehead atoms. The summed E-state index contributed by atoms with van der Waals surface area (Å²) in [6, 6.07) is -0.0972. The number of rotatable bonds is 4. The maximum atomic E-state index is 10.6. The van der Waals surface area contributed by atoms with E-state index in [0.717, 1.165) is 0 Å². The predicted octanol–water partition coefficient (Wildman–Crippen LogP) is -0.549. The van der Waals surface area contributed by atoms with E-state index in [1.54, 1.807) is 0 Å². The third-order valence-corrected chi connectivity index (χ3v) is 3.33. The number of carbonyl (C=O) groups is 1. The Kier molecular flexibility index (Phi) is 3.76. The SMILES string of the molecule is CC1(C)O[C@H]2[C@H](CN(CCO)[C@H]2CNC(=O)O)O1. The van der Waals surface area contributed by atoms with E-state index in [2.05, 4.69) is 5.32 Å². The van der Waals surface area contributed by atoms with Crippen LogP contribution in [0.3, 0.4) is 0 Å². The van der Waals surface area contributed by atoms with Crippen LogP contribution in [0.1, 0.15) is 13.8 Å². The van der Waals surface area contributed by atoms with Crippen molar-refractivity contribution in [3.05, 3.63) is 0 Å². The average Bonchev–Trinajstić information content (AvgIpc) is 2.68. The number of likely N-dealkylation sites (tertiary alicyclic amines) is 1. The molecule has 2 aliphatic heterocycles. The van der Waals surface area contributed by atoms with Crippen molar-refractivity contribution >= 4 is 6.09 Å². The quantitative estimate of drug-likeness (QED) is 0.628. The molecule has 2 aliphatic rings. The molecule has 3 atom stereocenters. The molecular weight excluding hydrogens is 240 g/mol. The fraction of sp³-hybridized carbons (Fsp3) is 0.909. The van der Waals surface area contributed by atoms with Gasteiger partial charge in [0, 0.05) is 19.6 Å². The topological polar surface area (TPSA) is 91.3 Å². The minimum atomic E-state index is -1.06. The molecule has 1 amide bonds. The van der Waals surface area contributed by atoms with E-state index in [4.69, 9.17) is 19.7 Å². The highest BCUT2D eigenvalue weighted by atomic mass is 16.8. The third-order valence-electron chi connectivity index (χ3n) is 3.33. The van der Waals surface area contributed by atoms with Crippen LogP contribution in [0.5, 0.6) is 0 Å². The summed E-state index contributed by atoms with van der Waals surface area (Å²) in [4.78, 5) is 12.6. The van der Waals surface area contributed by atoms with E-state index in [1.807, 2.05) is 18.7 Å². The number of aliphatic hydroxyl groups excluding tert-OH is 1. The van der Waals surface area contributed by atoms with Crippen molar-refractivity contribution in [3.63, 3.8) is 0 Å². The predicted molar refractivity (Wildman–Crippen MR) is 62.3 cm³/mol. The molecule has 2 saturated heterocycles. The van der Waals surface area contributed by atoms with Gasteiger partial charge in [-0.05, 0) is 13.8 Å². The van der Waals surface area contributed by atoms with Gasteiger partial charge in [-0.25, -0.2) is 4.79 Å². The Morgan fingerprint density at radius 2 is 2.22 bits per heavy atom. The Morgan fingerprint density at radius 3 is 2.83 bits per heavy atom. The molecule has 7 heteroatoms. The van der Waals surface area contributed by atoms with Gasteiger partial charge >= 0.3 is 6.09 Å². The van der Waals surface area contributed by atoms with Gasteiger partial charge in [-0.2, -0.15) is 0 Å². The van der Waals surface area contributed by atoms with Crippen molar-refractivity contribution in [3.8, 4) is 0 Å². The minimum absolute atomic E-state index is 0.0341. The molecule has 0 saturated carbocycles. The Balaban J connectivity index is 2.02. The van der Waals surface area contributed by atoms with E-state index in [0.29, 0.717) is 13.1 Å². The van der Waals surface area contributed by atoms with Crippen molar-refractivity contribution in [2.45, 2.75) is 37.9 Å². The highest BCUT2D eigenvalue weighted by molar-refractivity contribution is 5.64. The van der Waals surface area contributed by atoms with Gasteiger partial charge in [0.15, 0.2) is 5.79 Å². The Labute approximate surface area is 106 Å². The monoisotopic (exact) mass is 260 g/mol. The highest BCUT2D eigenvalue weighted by Gasteiger charge is 2.52. The number of carboxylic acid groups (broad SMARTS) is 1. The van der Waals surface area contributed by atoms with E-state index in [1.165, 1.54) is 0 Å².